The Morgan fingerprint density at radius 3 is 2.40 bits per heavy atom. The molecule has 2 rings (SSSR count). The van der Waals surface area contributed by atoms with Gasteiger partial charge in [0.1, 0.15) is 5.82 Å². The van der Waals surface area contributed by atoms with E-state index in [2.05, 4.69) is 6.58 Å². The molecule has 1 aromatic rings. The molecule has 2 nitrogen and oxygen atoms in total. The van der Waals surface area contributed by atoms with Gasteiger partial charge in [0.2, 0.25) is 0 Å². The lowest BCUT2D eigenvalue weighted by molar-refractivity contribution is 0.0821. The van der Waals surface area contributed by atoms with Gasteiger partial charge in [0.25, 0.3) is 11.8 Å². The minimum Gasteiger partial charge on any atom is -0.291 e. The molecule has 0 bridgehead atoms. The molecule has 1 amide bonds. The van der Waals surface area contributed by atoms with Crippen LogP contribution < -0.4 is 0 Å². The van der Waals surface area contributed by atoms with Gasteiger partial charge >= 0.3 is 0 Å². The number of halogens is 3. The highest BCUT2D eigenvalue weighted by Crippen LogP contribution is 2.24. The fourth-order valence-electron chi connectivity index (χ4n) is 1.69. The molecule has 0 N–H and O–H groups in total. The van der Waals surface area contributed by atoms with Crippen molar-refractivity contribution in [3.8, 4) is 0 Å². The van der Waals surface area contributed by atoms with Crippen LogP contribution in [0.1, 0.15) is 22.8 Å². The maximum Gasteiger partial charge on any atom is 0.288 e. The maximum absolute atomic E-state index is 13.7. The van der Waals surface area contributed by atoms with Crippen molar-refractivity contribution in [3.63, 3.8) is 0 Å². The van der Waals surface area contributed by atoms with Crippen molar-refractivity contribution in [1.82, 2.24) is 4.90 Å². The third-order valence-electron chi connectivity index (χ3n) is 2.84. The van der Waals surface area contributed by atoms with E-state index >= 15 is 0 Å². The van der Waals surface area contributed by atoms with Crippen LogP contribution >= 0.6 is 0 Å². The standard InChI is InChI=1S/C15H12F3NO/c1-10(2)11-3-4-13(16)12(9-11)14(20)19-7-5-15(17,18)6-8-19/h3-9H,1H2,2H3. The smallest absolute Gasteiger partial charge is 0.288 e. The van der Waals surface area contributed by atoms with Crippen LogP contribution in [0.3, 0.4) is 0 Å². The second kappa shape index (κ2) is 5.00. The van der Waals surface area contributed by atoms with E-state index in [1.807, 2.05) is 0 Å². The summed E-state index contributed by atoms with van der Waals surface area (Å²) in [7, 11) is 0. The summed E-state index contributed by atoms with van der Waals surface area (Å²) in [6.45, 7) is 5.44. The number of allylic oxidation sites excluding steroid dienone is 3. The van der Waals surface area contributed by atoms with E-state index in [-0.39, 0.29) is 5.56 Å². The molecule has 1 heterocycles. The second-order valence-electron chi connectivity index (χ2n) is 4.49. The van der Waals surface area contributed by atoms with Crippen LogP contribution in [-0.2, 0) is 0 Å². The Labute approximate surface area is 114 Å². The zero-order valence-corrected chi connectivity index (χ0v) is 10.7. The highest BCUT2D eigenvalue weighted by atomic mass is 19.3. The molecule has 1 aliphatic rings. The lowest BCUT2D eigenvalue weighted by atomic mass is 10.0. The van der Waals surface area contributed by atoms with Crippen molar-refractivity contribution in [3.05, 3.63) is 66.3 Å². The predicted molar refractivity (Wildman–Crippen MR) is 70.5 cm³/mol. The largest absolute Gasteiger partial charge is 0.291 e. The third kappa shape index (κ3) is 2.82. The summed E-state index contributed by atoms with van der Waals surface area (Å²) in [5.41, 5.74) is 1.10. The van der Waals surface area contributed by atoms with Crippen LogP contribution in [0.25, 0.3) is 5.57 Å². The van der Waals surface area contributed by atoms with Crippen molar-refractivity contribution in [2.45, 2.75) is 12.8 Å². The number of rotatable bonds is 2. The number of carbonyl (C=O) groups is 1. The summed E-state index contributed by atoms with van der Waals surface area (Å²) in [4.78, 5) is 13.0. The van der Waals surface area contributed by atoms with E-state index < -0.39 is 17.6 Å². The maximum atomic E-state index is 13.7. The first kappa shape index (κ1) is 14.1. The van der Waals surface area contributed by atoms with Gasteiger partial charge in [-0.3, -0.25) is 9.69 Å². The summed E-state index contributed by atoms with van der Waals surface area (Å²) < 4.78 is 39.5. The van der Waals surface area contributed by atoms with Crippen LogP contribution in [0.5, 0.6) is 0 Å². The molecule has 20 heavy (non-hydrogen) atoms. The van der Waals surface area contributed by atoms with Crippen LogP contribution in [0.2, 0.25) is 0 Å². The molecule has 104 valence electrons. The lowest BCUT2D eigenvalue weighted by Gasteiger charge is -2.20. The summed E-state index contributed by atoms with van der Waals surface area (Å²) >= 11 is 0. The molecule has 0 radical (unpaired) electrons. The molecule has 0 atom stereocenters. The minimum atomic E-state index is -3.09. The summed E-state index contributed by atoms with van der Waals surface area (Å²) in [5.74, 6) is -4.51. The van der Waals surface area contributed by atoms with E-state index in [1.165, 1.54) is 12.1 Å². The Morgan fingerprint density at radius 1 is 1.25 bits per heavy atom. The van der Waals surface area contributed by atoms with Crippen LogP contribution in [0.4, 0.5) is 13.2 Å². The zero-order chi connectivity index (χ0) is 14.9. The van der Waals surface area contributed by atoms with E-state index in [0.717, 1.165) is 23.4 Å². The molecule has 0 unspecified atom stereocenters. The van der Waals surface area contributed by atoms with Crippen LogP contribution in [0, 0.1) is 5.82 Å². The number of hydrogen-bond acceptors (Lipinski definition) is 1. The Bertz CT molecular complexity index is 616. The van der Waals surface area contributed by atoms with E-state index in [1.54, 1.807) is 6.92 Å². The minimum absolute atomic E-state index is 0.190. The number of carbonyl (C=O) groups excluding carboxylic acids is 1. The molecule has 0 saturated heterocycles. The molecule has 0 fully saturated rings. The van der Waals surface area contributed by atoms with Gasteiger partial charge in [-0.2, -0.15) is 8.78 Å². The van der Waals surface area contributed by atoms with Gasteiger partial charge < -0.3 is 0 Å². The van der Waals surface area contributed by atoms with Gasteiger partial charge in [-0.25, -0.2) is 4.39 Å². The van der Waals surface area contributed by atoms with Crippen LogP contribution in [0.15, 0.2) is 49.3 Å². The monoisotopic (exact) mass is 279 g/mol. The number of benzene rings is 1. The Morgan fingerprint density at radius 2 is 1.85 bits per heavy atom. The van der Waals surface area contributed by atoms with Gasteiger partial charge in [0.05, 0.1) is 5.56 Å². The molecular weight excluding hydrogens is 267 g/mol. The zero-order valence-electron chi connectivity index (χ0n) is 10.7. The third-order valence-corrected chi connectivity index (χ3v) is 2.84. The summed E-state index contributed by atoms with van der Waals surface area (Å²) in [6.07, 6.45) is 3.00. The second-order valence-corrected chi connectivity index (χ2v) is 4.49. The van der Waals surface area contributed by atoms with Crippen LogP contribution in [-0.4, -0.2) is 16.7 Å². The van der Waals surface area contributed by atoms with Gasteiger partial charge in [0, 0.05) is 24.6 Å². The Kier molecular flexibility index (Phi) is 3.53. The quantitative estimate of drug-likeness (QED) is 0.802. The average molecular weight is 279 g/mol. The SMILES string of the molecule is C=C(C)c1ccc(F)c(C(=O)N2C=CC(F)(F)C=C2)c1. The molecule has 5 heteroatoms. The summed E-state index contributed by atoms with van der Waals surface area (Å²) in [6, 6.07) is 4.02. The first-order chi connectivity index (χ1) is 9.30. The van der Waals surface area contributed by atoms with Crippen molar-refractivity contribution >= 4 is 11.5 Å². The van der Waals surface area contributed by atoms with Gasteiger partial charge in [-0.15, -0.1) is 0 Å². The molecule has 1 aromatic carbocycles. The van der Waals surface area contributed by atoms with Gasteiger partial charge in [0.15, 0.2) is 0 Å². The topological polar surface area (TPSA) is 20.3 Å². The Balaban J connectivity index is 2.33. The van der Waals surface area contributed by atoms with Crippen molar-refractivity contribution in [2.24, 2.45) is 0 Å². The van der Waals surface area contributed by atoms with Crippen molar-refractivity contribution < 1.29 is 18.0 Å². The highest BCUT2D eigenvalue weighted by molar-refractivity contribution is 5.96. The van der Waals surface area contributed by atoms with E-state index in [0.29, 0.717) is 23.3 Å². The van der Waals surface area contributed by atoms with E-state index in [9.17, 15) is 18.0 Å². The van der Waals surface area contributed by atoms with E-state index in [4.69, 9.17) is 0 Å². The molecule has 0 saturated carbocycles. The molecule has 0 aromatic heterocycles. The summed E-state index contributed by atoms with van der Waals surface area (Å²) in [5, 5.41) is 0. The average Bonchev–Trinajstić information content (AvgIpc) is 2.38. The molecule has 0 aliphatic carbocycles. The van der Waals surface area contributed by atoms with Gasteiger partial charge in [-0.1, -0.05) is 18.2 Å². The fourth-order valence-corrected chi connectivity index (χ4v) is 1.69. The predicted octanol–water partition coefficient (Wildman–Crippen LogP) is 3.98. The fraction of sp³-hybridized carbons (Fsp3) is 0.133. The highest BCUT2D eigenvalue weighted by Gasteiger charge is 2.27. The molecule has 0 spiro atoms. The first-order valence-electron chi connectivity index (χ1n) is 5.85. The van der Waals surface area contributed by atoms with Crippen molar-refractivity contribution in [2.75, 3.05) is 0 Å². The molecule has 1 aliphatic heterocycles. The lowest BCUT2D eigenvalue weighted by Crippen LogP contribution is -2.26. The normalized spacial score (nSPS) is 16.3. The number of alkyl halides is 2. The number of amides is 1. The van der Waals surface area contributed by atoms with Gasteiger partial charge in [-0.05, 0) is 24.6 Å². The Hall–Kier alpha value is -2.30. The van der Waals surface area contributed by atoms with Crippen molar-refractivity contribution in [1.29, 1.82) is 0 Å². The number of nitrogens with zero attached hydrogens (tertiary/aromatic N) is 1. The first-order valence-corrected chi connectivity index (χ1v) is 5.85. The number of hydrogen-bond donors (Lipinski definition) is 0. The molecular formula is C15H12F3NO.